The quantitative estimate of drug-likeness (QED) is 0.0219. The zero-order chi connectivity index (χ0) is 63.2. The smallest absolute Gasteiger partial charge is 0.194 e. The molecule has 2 heterocycles. The van der Waals surface area contributed by atoms with Crippen LogP contribution in [0, 0.1) is 17.8 Å². The van der Waals surface area contributed by atoms with Gasteiger partial charge in [0.2, 0.25) is 0 Å². The predicted molar refractivity (Wildman–Crippen MR) is 366 cm³/mol. The largest absolute Gasteiger partial charge is 0.489 e. The first-order valence-electron chi connectivity index (χ1n) is 34.0. The highest BCUT2D eigenvalue weighted by atomic mass is 28.4. The van der Waals surface area contributed by atoms with Crippen LogP contribution in [0.3, 0.4) is 0 Å². The number of unbranched alkanes of at least 4 members (excludes halogenated alkanes) is 4. The topological polar surface area (TPSA) is 90.9 Å². The molecule has 88 heavy (non-hydrogen) atoms. The molecule has 2 aliphatic carbocycles. The molecular formula is C77H112O9Si2. The Balaban J connectivity index is 0.000000251. The maximum atomic E-state index is 13.9. The average Bonchev–Trinajstić information content (AvgIpc) is 1.50. The summed E-state index contributed by atoms with van der Waals surface area (Å²) in [4.78, 5) is 13.9. The van der Waals surface area contributed by atoms with Crippen molar-refractivity contribution in [3.63, 3.8) is 0 Å². The van der Waals surface area contributed by atoms with E-state index in [1.165, 1.54) is 55.2 Å². The highest BCUT2D eigenvalue weighted by Gasteiger charge is 2.47. The van der Waals surface area contributed by atoms with Crippen LogP contribution in [0.2, 0.25) is 36.3 Å². The SMILES string of the molecule is C=CCc1c(OCc2ccccc2)cccc1[C@H](C#CCC[C@H](CCCCC)OC1CCCCO1)O[Si](C)(C)C(C)(C)C.CCCCC[C@@H](CCC1=C2[C@H](CC1=O)Cc1c(OCc3ccccc3)cccc1[C@H]2O[Si](C)(C)C(C)(C)C)OC1CCCCO1. The van der Waals surface area contributed by atoms with E-state index in [1.54, 1.807) is 0 Å². The fraction of sp³-hybridized carbons (Fsp3) is 0.597. The van der Waals surface area contributed by atoms with Crippen LogP contribution in [0.25, 0.3) is 0 Å². The van der Waals surface area contributed by atoms with Crippen LogP contribution in [0.1, 0.15) is 223 Å². The maximum absolute atomic E-state index is 13.9. The number of ether oxygens (including phenoxy) is 6. The summed E-state index contributed by atoms with van der Waals surface area (Å²) in [5.41, 5.74) is 9.08. The molecule has 4 aromatic carbocycles. The Hall–Kier alpha value is -4.62. The molecule has 9 nitrogen and oxygen atoms in total. The molecule has 4 aliphatic rings. The van der Waals surface area contributed by atoms with Gasteiger partial charge < -0.3 is 37.3 Å². The van der Waals surface area contributed by atoms with Crippen molar-refractivity contribution in [3.05, 3.63) is 154 Å². The molecule has 0 bridgehead atoms. The first kappa shape index (κ1) is 70.8. The zero-order valence-electron chi connectivity index (χ0n) is 56.4. The monoisotopic (exact) mass is 1240 g/mol. The van der Waals surface area contributed by atoms with Crippen LogP contribution >= 0.6 is 0 Å². The predicted octanol–water partition coefficient (Wildman–Crippen LogP) is 20.4. The Labute approximate surface area is 535 Å². The first-order chi connectivity index (χ1) is 42.2. The number of rotatable bonds is 30. The van der Waals surface area contributed by atoms with Gasteiger partial charge in [0.25, 0.3) is 0 Å². The lowest BCUT2D eigenvalue weighted by Crippen LogP contribution is -2.43. The molecule has 2 aliphatic heterocycles. The molecule has 7 atom stereocenters. The van der Waals surface area contributed by atoms with Gasteiger partial charge in [0.1, 0.15) is 30.8 Å². The molecule has 8 rings (SSSR count). The van der Waals surface area contributed by atoms with Crippen LogP contribution in [-0.4, -0.2) is 60.4 Å². The number of carbonyl (C=O) groups excluding carboxylic acids is 1. The molecule has 0 aromatic heterocycles. The third-order valence-electron chi connectivity index (χ3n) is 19.2. The minimum atomic E-state index is -2.18. The fourth-order valence-electron chi connectivity index (χ4n) is 11.9. The van der Waals surface area contributed by atoms with Gasteiger partial charge in [-0.15, -0.1) is 12.5 Å². The number of ketones is 1. The van der Waals surface area contributed by atoms with Crippen molar-refractivity contribution in [2.45, 2.75) is 277 Å². The number of benzene rings is 4. The maximum Gasteiger partial charge on any atom is 0.194 e. The lowest BCUT2D eigenvalue weighted by atomic mass is 9.78. The molecule has 0 N–H and O–H groups in total. The summed E-state index contributed by atoms with van der Waals surface area (Å²) in [6, 6.07) is 33.3. The molecule has 11 heteroatoms. The van der Waals surface area contributed by atoms with Gasteiger partial charge in [-0.25, -0.2) is 0 Å². The van der Waals surface area contributed by atoms with Gasteiger partial charge in [0.05, 0.1) is 18.3 Å². The molecule has 482 valence electrons. The Kier molecular flexibility index (Phi) is 27.9. The van der Waals surface area contributed by atoms with Crippen LogP contribution in [-0.2, 0) is 58.6 Å². The fourth-order valence-corrected chi connectivity index (χ4v) is 14.2. The van der Waals surface area contributed by atoms with Crippen molar-refractivity contribution in [2.24, 2.45) is 5.92 Å². The van der Waals surface area contributed by atoms with Crippen LogP contribution in [0.15, 0.2) is 121 Å². The third-order valence-corrected chi connectivity index (χ3v) is 28.1. The molecular weight excluding hydrogens is 1130 g/mol. The van der Waals surface area contributed by atoms with E-state index < -0.39 is 16.6 Å². The first-order valence-corrected chi connectivity index (χ1v) is 39.9. The standard InChI is InChI=1S/C39H56O5Si.C38H56O4Si/c1-7-8-10-18-30(43-36-21-13-14-24-41-36)22-23-32-34(40)26-29-25-33-31(38(37(29)32)44-45(5,6)39(2,3)4)19-15-20-35(33)42-27-28-16-11-9-12-17-28;1-8-10-12-23-32(41-37-28-17-18-29-39-37)24-15-16-26-36(42-43(6,7)38(3,4)5)34-25-19-27-35(33(34)20-9-2)40-30-31-21-13-11-14-22-31/h9,11-12,15-17,19-20,29-30,36,38H,7-8,10,13-14,18,21-27H2,1-6H3;9,11,13-14,19,21-22,25,27,32,36-37H,2,8,10,12,15,17-18,20,23-24,28-30H2,1,3-7H3/t29-,30-,36?,38+;32-,36-,37?/m00/s1. The lowest BCUT2D eigenvalue weighted by Gasteiger charge is -2.43. The van der Waals surface area contributed by atoms with Gasteiger partial charge in [-0.1, -0.05) is 191 Å². The number of fused-ring (bicyclic) bond motifs is 2. The van der Waals surface area contributed by atoms with E-state index in [1.807, 2.05) is 48.5 Å². The summed E-state index contributed by atoms with van der Waals surface area (Å²) in [6.07, 6.45) is 22.6. The number of carbonyl (C=O) groups is 1. The molecule has 0 saturated carbocycles. The molecule has 2 saturated heterocycles. The van der Waals surface area contributed by atoms with E-state index in [0.29, 0.717) is 31.8 Å². The Morgan fingerprint density at radius 1 is 0.648 bits per heavy atom. The molecule has 2 unspecified atom stereocenters. The van der Waals surface area contributed by atoms with Crippen molar-refractivity contribution in [3.8, 4) is 23.3 Å². The summed E-state index contributed by atoms with van der Waals surface area (Å²) >= 11 is 0. The van der Waals surface area contributed by atoms with Gasteiger partial charge in [-0.3, -0.25) is 4.79 Å². The van der Waals surface area contributed by atoms with Crippen LogP contribution in [0.5, 0.6) is 11.5 Å². The molecule has 0 radical (unpaired) electrons. The van der Waals surface area contributed by atoms with Gasteiger partial charge in [0.15, 0.2) is 35.0 Å². The summed E-state index contributed by atoms with van der Waals surface area (Å²) in [6.45, 7) is 34.1. The number of hydrogen-bond donors (Lipinski definition) is 0. The highest BCUT2D eigenvalue weighted by molar-refractivity contribution is 6.74. The zero-order valence-corrected chi connectivity index (χ0v) is 58.4. The molecule has 0 amide bonds. The van der Waals surface area contributed by atoms with E-state index in [0.717, 1.165) is 136 Å². The van der Waals surface area contributed by atoms with E-state index in [9.17, 15) is 4.79 Å². The lowest BCUT2D eigenvalue weighted by molar-refractivity contribution is -0.190. The van der Waals surface area contributed by atoms with Crippen molar-refractivity contribution < 1.29 is 42.1 Å². The van der Waals surface area contributed by atoms with E-state index >= 15 is 0 Å². The van der Waals surface area contributed by atoms with E-state index in [4.69, 9.17) is 37.3 Å². The van der Waals surface area contributed by atoms with E-state index in [2.05, 4.69) is 155 Å². The number of hydrogen-bond acceptors (Lipinski definition) is 9. The summed E-state index contributed by atoms with van der Waals surface area (Å²) in [7, 11) is -4.31. The number of allylic oxidation sites excluding steroid dienone is 2. The van der Waals surface area contributed by atoms with Gasteiger partial charge in [0, 0.05) is 37.2 Å². The highest BCUT2D eigenvalue weighted by Crippen LogP contribution is 2.53. The molecule has 0 spiro atoms. The Bertz CT molecular complexity index is 2840. The Morgan fingerprint density at radius 3 is 1.75 bits per heavy atom. The summed E-state index contributed by atoms with van der Waals surface area (Å²) < 4.78 is 52.0. The molecule has 4 aromatic rings. The minimum absolute atomic E-state index is 0.0447. The second-order valence-corrected chi connectivity index (χ2v) is 37.7. The Morgan fingerprint density at radius 2 is 1.20 bits per heavy atom. The summed E-state index contributed by atoms with van der Waals surface area (Å²) in [5.74, 6) is 9.32. The third kappa shape index (κ3) is 21.0. The van der Waals surface area contributed by atoms with Crippen LogP contribution in [0.4, 0.5) is 0 Å². The van der Waals surface area contributed by atoms with Crippen molar-refractivity contribution >= 4 is 22.4 Å². The van der Waals surface area contributed by atoms with Crippen molar-refractivity contribution in [2.75, 3.05) is 13.2 Å². The number of Topliss-reactive ketones (excluding diaryl/α,β-unsaturated/α-hetero) is 1. The van der Waals surface area contributed by atoms with E-state index in [-0.39, 0.29) is 53.0 Å². The molecule has 2 fully saturated rings. The average molecular weight is 1240 g/mol. The van der Waals surface area contributed by atoms with Crippen molar-refractivity contribution in [1.82, 2.24) is 0 Å². The van der Waals surface area contributed by atoms with Gasteiger partial charge >= 0.3 is 0 Å². The van der Waals surface area contributed by atoms with Gasteiger partial charge in [-0.2, -0.15) is 0 Å². The second-order valence-electron chi connectivity index (χ2n) is 28.2. The van der Waals surface area contributed by atoms with Gasteiger partial charge in [-0.05, 0) is 171 Å². The van der Waals surface area contributed by atoms with Crippen molar-refractivity contribution in [1.29, 1.82) is 0 Å². The normalized spacial score (nSPS) is 19.9. The minimum Gasteiger partial charge on any atom is -0.489 e. The van der Waals surface area contributed by atoms with Crippen LogP contribution < -0.4 is 9.47 Å². The second kappa shape index (κ2) is 34.7. The summed E-state index contributed by atoms with van der Waals surface area (Å²) in [5, 5.41) is 0.105.